The molecule has 0 bridgehead atoms. The van der Waals surface area contributed by atoms with Gasteiger partial charge in [-0.15, -0.1) is 12.4 Å². The Kier molecular flexibility index (Phi) is 7.35. The number of benzene rings is 1. The molecule has 5 nitrogen and oxygen atoms in total. The fourth-order valence-electron chi connectivity index (χ4n) is 2.48. The predicted molar refractivity (Wildman–Crippen MR) is 87.1 cm³/mol. The molecule has 1 amide bonds. The molecule has 0 aliphatic carbocycles. The largest absolute Gasteiger partial charge is 0.465 e. The second-order valence-corrected chi connectivity index (χ2v) is 5.41. The fraction of sp³-hybridized carbons (Fsp3) is 0.500. The van der Waals surface area contributed by atoms with Gasteiger partial charge >= 0.3 is 5.97 Å². The van der Waals surface area contributed by atoms with Crippen LogP contribution < -0.4 is 5.73 Å². The lowest BCUT2D eigenvalue weighted by atomic mass is 10.0. The number of aryl methyl sites for hydroxylation is 1. The third-order valence-corrected chi connectivity index (χ3v) is 3.89. The number of carbonyl (C=O) groups excluding carboxylic acids is 2. The summed E-state index contributed by atoms with van der Waals surface area (Å²) in [5.41, 5.74) is 7.41. The first-order chi connectivity index (χ1) is 10.1. The summed E-state index contributed by atoms with van der Waals surface area (Å²) in [5, 5.41) is 0. The molecule has 22 heavy (non-hydrogen) atoms. The minimum Gasteiger partial charge on any atom is -0.465 e. The number of hydrogen-bond donors (Lipinski definition) is 1. The van der Waals surface area contributed by atoms with Crippen LogP contribution >= 0.6 is 12.4 Å². The van der Waals surface area contributed by atoms with Crippen LogP contribution in [0.15, 0.2) is 24.3 Å². The van der Waals surface area contributed by atoms with Gasteiger partial charge in [0, 0.05) is 25.6 Å². The van der Waals surface area contributed by atoms with E-state index in [4.69, 9.17) is 5.73 Å². The standard InChI is InChI=1S/C16H22N2O3.ClH/c1-21-16(20)13-5-2-12(3-6-13)4-7-15(19)18-10-8-14(17)9-11-18;/h2-3,5-6,14H,4,7-11,17H2,1H3;1H. The van der Waals surface area contributed by atoms with E-state index >= 15 is 0 Å². The zero-order valence-electron chi connectivity index (χ0n) is 12.8. The van der Waals surface area contributed by atoms with Gasteiger partial charge in [-0.1, -0.05) is 12.1 Å². The molecule has 1 aromatic carbocycles. The first-order valence-electron chi connectivity index (χ1n) is 7.30. The van der Waals surface area contributed by atoms with Crippen LogP contribution in [-0.2, 0) is 16.0 Å². The van der Waals surface area contributed by atoms with Crippen molar-refractivity contribution in [2.24, 2.45) is 5.73 Å². The molecule has 2 N–H and O–H groups in total. The van der Waals surface area contributed by atoms with Crippen LogP contribution in [0.4, 0.5) is 0 Å². The lowest BCUT2D eigenvalue weighted by Crippen LogP contribution is -2.42. The number of nitrogens with two attached hydrogens (primary N) is 1. The maximum absolute atomic E-state index is 12.1. The van der Waals surface area contributed by atoms with E-state index in [9.17, 15) is 9.59 Å². The van der Waals surface area contributed by atoms with Crippen molar-refractivity contribution in [3.05, 3.63) is 35.4 Å². The molecule has 1 aromatic rings. The van der Waals surface area contributed by atoms with Gasteiger partial charge in [-0.25, -0.2) is 4.79 Å². The number of amides is 1. The Morgan fingerprint density at radius 3 is 2.36 bits per heavy atom. The van der Waals surface area contributed by atoms with Crippen LogP contribution in [0.5, 0.6) is 0 Å². The molecular formula is C16H23ClN2O3. The van der Waals surface area contributed by atoms with Crippen molar-refractivity contribution < 1.29 is 14.3 Å². The minimum absolute atomic E-state index is 0. The van der Waals surface area contributed by atoms with Crippen LogP contribution in [0, 0.1) is 0 Å². The SMILES string of the molecule is COC(=O)c1ccc(CCC(=O)N2CCC(N)CC2)cc1.Cl. The Labute approximate surface area is 137 Å². The summed E-state index contributed by atoms with van der Waals surface area (Å²) in [5.74, 6) is -0.166. The molecule has 122 valence electrons. The second-order valence-electron chi connectivity index (χ2n) is 5.41. The Morgan fingerprint density at radius 1 is 1.23 bits per heavy atom. The van der Waals surface area contributed by atoms with E-state index in [0.29, 0.717) is 18.4 Å². The van der Waals surface area contributed by atoms with Crippen molar-refractivity contribution in [1.29, 1.82) is 0 Å². The molecule has 0 unspecified atom stereocenters. The number of hydrogen-bond acceptors (Lipinski definition) is 4. The number of carbonyl (C=O) groups is 2. The fourth-order valence-corrected chi connectivity index (χ4v) is 2.48. The molecule has 2 rings (SSSR count). The van der Waals surface area contributed by atoms with Crippen LogP contribution in [0.2, 0.25) is 0 Å². The van der Waals surface area contributed by atoms with Crippen molar-refractivity contribution >= 4 is 24.3 Å². The normalized spacial score (nSPS) is 15.1. The van der Waals surface area contributed by atoms with Gasteiger partial charge in [0.2, 0.25) is 5.91 Å². The molecular weight excluding hydrogens is 304 g/mol. The van der Waals surface area contributed by atoms with Gasteiger partial charge in [0.05, 0.1) is 12.7 Å². The number of methoxy groups -OCH3 is 1. The van der Waals surface area contributed by atoms with E-state index in [-0.39, 0.29) is 30.3 Å². The van der Waals surface area contributed by atoms with Gasteiger partial charge in [-0.3, -0.25) is 4.79 Å². The zero-order valence-corrected chi connectivity index (χ0v) is 13.6. The van der Waals surface area contributed by atoms with E-state index < -0.39 is 0 Å². The smallest absolute Gasteiger partial charge is 0.337 e. The van der Waals surface area contributed by atoms with E-state index in [0.717, 1.165) is 31.5 Å². The predicted octanol–water partition coefficient (Wildman–Crippen LogP) is 1.78. The highest BCUT2D eigenvalue weighted by atomic mass is 35.5. The summed E-state index contributed by atoms with van der Waals surface area (Å²) in [6.45, 7) is 1.53. The van der Waals surface area contributed by atoms with Crippen molar-refractivity contribution in [1.82, 2.24) is 4.90 Å². The van der Waals surface area contributed by atoms with Crippen molar-refractivity contribution in [2.75, 3.05) is 20.2 Å². The van der Waals surface area contributed by atoms with Gasteiger partial charge < -0.3 is 15.4 Å². The van der Waals surface area contributed by atoms with Gasteiger partial charge in [0.25, 0.3) is 0 Å². The number of ether oxygens (including phenoxy) is 1. The Bertz CT molecular complexity index is 497. The van der Waals surface area contributed by atoms with Gasteiger partial charge in [-0.2, -0.15) is 0 Å². The number of nitrogens with zero attached hydrogens (tertiary/aromatic N) is 1. The second kappa shape index (κ2) is 8.76. The molecule has 6 heteroatoms. The van der Waals surface area contributed by atoms with Gasteiger partial charge in [0.15, 0.2) is 0 Å². The van der Waals surface area contributed by atoms with Crippen LogP contribution in [-0.4, -0.2) is 43.0 Å². The monoisotopic (exact) mass is 326 g/mol. The number of piperidine rings is 1. The lowest BCUT2D eigenvalue weighted by Gasteiger charge is -2.30. The molecule has 0 saturated carbocycles. The zero-order chi connectivity index (χ0) is 15.2. The van der Waals surface area contributed by atoms with Crippen LogP contribution in [0.1, 0.15) is 35.2 Å². The van der Waals surface area contributed by atoms with Crippen molar-refractivity contribution in [3.8, 4) is 0 Å². The molecule has 1 aliphatic rings. The van der Waals surface area contributed by atoms with Gasteiger partial charge in [0.1, 0.15) is 0 Å². The Balaban J connectivity index is 0.00000242. The Hall–Kier alpha value is -1.59. The maximum atomic E-state index is 12.1. The number of halogens is 1. The van der Waals surface area contributed by atoms with Crippen LogP contribution in [0.3, 0.4) is 0 Å². The summed E-state index contributed by atoms with van der Waals surface area (Å²) in [4.78, 5) is 25.3. The van der Waals surface area contributed by atoms with E-state index in [1.165, 1.54) is 7.11 Å². The summed E-state index contributed by atoms with van der Waals surface area (Å²) in [6, 6.07) is 7.42. The highest BCUT2D eigenvalue weighted by Crippen LogP contribution is 2.12. The van der Waals surface area contributed by atoms with Crippen molar-refractivity contribution in [2.45, 2.75) is 31.7 Å². The maximum Gasteiger partial charge on any atom is 0.337 e. The summed E-state index contributed by atoms with van der Waals surface area (Å²) in [6.07, 6.45) is 2.95. The topological polar surface area (TPSA) is 72.6 Å². The lowest BCUT2D eigenvalue weighted by molar-refractivity contribution is -0.132. The average Bonchev–Trinajstić information content (AvgIpc) is 2.53. The number of esters is 1. The van der Waals surface area contributed by atoms with Crippen molar-refractivity contribution in [3.63, 3.8) is 0 Å². The highest BCUT2D eigenvalue weighted by molar-refractivity contribution is 5.89. The molecule has 0 spiro atoms. The minimum atomic E-state index is -0.345. The third-order valence-electron chi connectivity index (χ3n) is 3.89. The summed E-state index contributed by atoms with van der Waals surface area (Å²) in [7, 11) is 1.36. The first kappa shape index (κ1) is 18.5. The molecule has 0 aromatic heterocycles. The molecule has 1 fully saturated rings. The first-order valence-corrected chi connectivity index (χ1v) is 7.30. The van der Waals surface area contributed by atoms with E-state index in [1.807, 2.05) is 17.0 Å². The van der Waals surface area contributed by atoms with Crippen LogP contribution in [0.25, 0.3) is 0 Å². The van der Waals surface area contributed by atoms with E-state index in [2.05, 4.69) is 4.74 Å². The highest BCUT2D eigenvalue weighted by Gasteiger charge is 2.20. The number of rotatable bonds is 4. The third kappa shape index (κ3) is 5.00. The Morgan fingerprint density at radius 2 is 1.82 bits per heavy atom. The quantitative estimate of drug-likeness (QED) is 0.856. The molecule has 0 atom stereocenters. The summed E-state index contributed by atoms with van der Waals surface area (Å²) >= 11 is 0. The molecule has 1 heterocycles. The molecule has 0 radical (unpaired) electrons. The number of likely N-dealkylation sites (tertiary alicyclic amines) is 1. The average molecular weight is 327 g/mol. The summed E-state index contributed by atoms with van der Waals surface area (Å²) < 4.78 is 4.65. The molecule has 1 saturated heterocycles. The molecule has 1 aliphatic heterocycles. The van der Waals surface area contributed by atoms with E-state index in [1.54, 1.807) is 12.1 Å². The van der Waals surface area contributed by atoms with Gasteiger partial charge in [-0.05, 0) is 37.0 Å².